The van der Waals surface area contributed by atoms with Crippen molar-refractivity contribution in [2.24, 2.45) is 0 Å². The Morgan fingerprint density at radius 2 is 2.56 bits per heavy atom. The van der Waals surface area contributed by atoms with Crippen LogP contribution in [0.4, 0.5) is 0 Å². The molecule has 0 amide bonds. The molecule has 1 rings (SSSR count). The molecular weight excluding hydrogens is 112 g/mol. The number of nitrogens with zero attached hydrogens (tertiary/aromatic N) is 2. The molecule has 0 spiro atoms. The highest BCUT2D eigenvalue weighted by Crippen LogP contribution is 1.93. The molecule has 1 aromatic rings. The second-order valence-electron chi connectivity index (χ2n) is 1.90. The van der Waals surface area contributed by atoms with E-state index in [0.29, 0.717) is 0 Å². The van der Waals surface area contributed by atoms with E-state index in [1.54, 1.807) is 6.20 Å². The Labute approximate surface area is 54.9 Å². The van der Waals surface area contributed by atoms with Gasteiger partial charge >= 0.3 is 0 Å². The third-order valence-electron chi connectivity index (χ3n) is 1.07. The van der Waals surface area contributed by atoms with Gasteiger partial charge in [0.05, 0.1) is 11.9 Å². The van der Waals surface area contributed by atoms with Gasteiger partial charge in [0.15, 0.2) is 0 Å². The van der Waals surface area contributed by atoms with Gasteiger partial charge in [-0.1, -0.05) is 13.3 Å². The second kappa shape index (κ2) is 3.17. The van der Waals surface area contributed by atoms with Crippen molar-refractivity contribution < 1.29 is 0 Å². The van der Waals surface area contributed by atoms with Gasteiger partial charge in [-0.3, -0.25) is 0 Å². The van der Waals surface area contributed by atoms with Crippen molar-refractivity contribution in [3.63, 3.8) is 0 Å². The first-order chi connectivity index (χ1) is 4.43. The van der Waals surface area contributed by atoms with Gasteiger partial charge in [-0.15, -0.1) is 0 Å². The highest BCUT2D eigenvalue weighted by Gasteiger charge is 1.87. The molecule has 2 nitrogen and oxygen atoms in total. The fraction of sp³-hybridized carbons (Fsp3) is 0.429. The summed E-state index contributed by atoms with van der Waals surface area (Å²) >= 11 is 0. The second-order valence-corrected chi connectivity index (χ2v) is 1.90. The van der Waals surface area contributed by atoms with Gasteiger partial charge in [0.2, 0.25) is 0 Å². The summed E-state index contributed by atoms with van der Waals surface area (Å²) in [7, 11) is 0. The first kappa shape index (κ1) is 6.20. The topological polar surface area (TPSA) is 25.8 Å². The zero-order valence-electron chi connectivity index (χ0n) is 5.46. The third-order valence-corrected chi connectivity index (χ3v) is 1.07. The largest absolute Gasteiger partial charge is 0.158 e. The van der Waals surface area contributed by atoms with Crippen LogP contribution >= 0.6 is 0 Å². The van der Waals surface area contributed by atoms with Crippen LogP contribution in [0.3, 0.4) is 0 Å². The van der Waals surface area contributed by atoms with Crippen LogP contribution in [-0.4, -0.2) is 10.2 Å². The number of aryl methyl sites for hydroxylation is 1. The maximum Gasteiger partial charge on any atom is 0.0637 e. The monoisotopic (exact) mass is 121 g/mol. The van der Waals surface area contributed by atoms with Gasteiger partial charge in [-0.25, -0.2) is 0 Å². The molecule has 0 N–H and O–H groups in total. The summed E-state index contributed by atoms with van der Waals surface area (Å²) < 4.78 is 0. The Morgan fingerprint density at radius 3 is 3.11 bits per heavy atom. The predicted octanol–water partition coefficient (Wildman–Crippen LogP) is 1.23. The number of hydrogen-bond acceptors (Lipinski definition) is 2. The van der Waals surface area contributed by atoms with Gasteiger partial charge in [0.1, 0.15) is 0 Å². The van der Waals surface area contributed by atoms with Crippen LogP contribution in [0.2, 0.25) is 0 Å². The lowest BCUT2D eigenvalue weighted by molar-refractivity contribution is 0.837. The van der Waals surface area contributed by atoms with Crippen molar-refractivity contribution in [3.8, 4) is 0 Å². The Kier molecular flexibility index (Phi) is 2.19. The first-order valence-electron chi connectivity index (χ1n) is 3.11. The molecule has 0 unspecified atom stereocenters. The molecule has 0 aliphatic rings. The van der Waals surface area contributed by atoms with Crippen molar-refractivity contribution in [1.82, 2.24) is 10.2 Å². The molecule has 0 saturated heterocycles. The Balaban J connectivity index is 2.61. The lowest BCUT2D eigenvalue weighted by atomic mass is 10.2. The maximum absolute atomic E-state index is 3.89. The van der Waals surface area contributed by atoms with E-state index in [1.807, 2.05) is 6.07 Å². The van der Waals surface area contributed by atoms with Gasteiger partial charge in [-0.05, 0) is 12.5 Å². The van der Waals surface area contributed by atoms with Crippen LogP contribution in [0.1, 0.15) is 19.0 Å². The highest BCUT2D eigenvalue weighted by atomic mass is 15.1. The van der Waals surface area contributed by atoms with Crippen molar-refractivity contribution in [2.45, 2.75) is 19.8 Å². The Bertz CT molecular complexity index is 160. The van der Waals surface area contributed by atoms with E-state index in [2.05, 4.69) is 23.2 Å². The van der Waals surface area contributed by atoms with Crippen LogP contribution < -0.4 is 0 Å². The van der Waals surface area contributed by atoms with Crippen LogP contribution in [0.15, 0.2) is 12.3 Å². The molecule has 0 saturated carbocycles. The lowest BCUT2D eigenvalue weighted by Gasteiger charge is -1.90. The molecule has 0 aliphatic heterocycles. The summed E-state index contributed by atoms with van der Waals surface area (Å²) in [4.78, 5) is 0. The minimum absolute atomic E-state index is 1.00. The highest BCUT2D eigenvalue weighted by molar-refractivity contribution is 4.96. The van der Waals surface area contributed by atoms with E-state index in [-0.39, 0.29) is 0 Å². The number of rotatable bonds is 2. The fourth-order valence-electron chi connectivity index (χ4n) is 0.677. The van der Waals surface area contributed by atoms with Gasteiger partial charge in [0, 0.05) is 6.07 Å². The minimum Gasteiger partial charge on any atom is -0.158 e. The van der Waals surface area contributed by atoms with E-state index < -0.39 is 0 Å². The Hall–Kier alpha value is -0.920. The van der Waals surface area contributed by atoms with Crippen LogP contribution in [0.5, 0.6) is 0 Å². The molecule has 1 heterocycles. The number of hydrogen-bond donors (Lipinski definition) is 0. The third kappa shape index (κ3) is 1.80. The van der Waals surface area contributed by atoms with Gasteiger partial charge in [0.25, 0.3) is 0 Å². The summed E-state index contributed by atoms with van der Waals surface area (Å²) in [5.41, 5.74) is 1.03. The van der Waals surface area contributed by atoms with Gasteiger partial charge in [-0.2, -0.15) is 10.2 Å². The van der Waals surface area contributed by atoms with Crippen LogP contribution in [-0.2, 0) is 6.42 Å². The molecular formula is C7H9N2. The van der Waals surface area contributed by atoms with Crippen LogP contribution in [0, 0.1) is 6.07 Å². The molecule has 0 aromatic carbocycles. The molecule has 0 aliphatic carbocycles. The standard InChI is InChI=1S/C7H9N2/c1-2-4-7-5-3-6-8-9-7/h5-6H,2,4H2,1H3. The van der Waals surface area contributed by atoms with Crippen molar-refractivity contribution >= 4 is 0 Å². The quantitative estimate of drug-likeness (QED) is 0.588. The van der Waals surface area contributed by atoms with E-state index in [1.165, 1.54) is 0 Å². The van der Waals surface area contributed by atoms with Crippen molar-refractivity contribution in [2.75, 3.05) is 0 Å². The van der Waals surface area contributed by atoms with Gasteiger partial charge < -0.3 is 0 Å². The van der Waals surface area contributed by atoms with Crippen LogP contribution in [0.25, 0.3) is 0 Å². The predicted molar refractivity (Wildman–Crippen MR) is 34.9 cm³/mol. The Morgan fingerprint density at radius 1 is 1.67 bits per heavy atom. The molecule has 1 radical (unpaired) electrons. The fourth-order valence-corrected chi connectivity index (χ4v) is 0.677. The van der Waals surface area contributed by atoms with E-state index in [0.717, 1.165) is 18.5 Å². The molecule has 0 atom stereocenters. The molecule has 9 heavy (non-hydrogen) atoms. The molecule has 0 bridgehead atoms. The maximum atomic E-state index is 3.89. The zero-order valence-corrected chi connectivity index (χ0v) is 5.46. The summed E-state index contributed by atoms with van der Waals surface area (Å²) in [6, 6.07) is 4.74. The smallest absolute Gasteiger partial charge is 0.0637 e. The molecule has 2 heteroatoms. The van der Waals surface area contributed by atoms with Crippen molar-refractivity contribution in [3.05, 3.63) is 24.0 Å². The van der Waals surface area contributed by atoms with E-state index in [4.69, 9.17) is 0 Å². The summed E-state index contributed by atoms with van der Waals surface area (Å²) in [6.07, 6.45) is 3.69. The normalized spacial score (nSPS) is 9.44. The SMILES string of the molecule is CCCc1c[c]cnn1. The first-order valence-corrected chi connectivity index (χ1v) is 3.11. The average Bonchev–Trinajstić information content (AvgIpc) is 1.91. The summed E-state index contributed by atoms with van der Waals surface area (Å²) in [5.74, 6) is 0. The average molecular weight is 121 g/mol. The van der Waals surface area contributed by atoms with Crippen molar-refractivity contribution in [1.29, 1.82) is 0 Å². The van der Waals surface area contributed by atoms with E-state index >= 15 is 0 Å². The summed E-state index contributed by atoms with van der Waals surface area (Å²) in [6.45, 7) is 2.12. The minimum atomic E-state index is 1.00. The molecule has 1 aromatic heterocycles. The lowest BCUT2D eigenvalue weighted by Crippen LogP contribution is -1.89. The molecule has 0 fully saturated rings. The molecule has 47 valence electrons. The van der Waals surface area contributed by atoms with E-state index in [9.17, 15) is 0 Å². The summed E-state index contributed by atoms with van der Waals surface area (Å²) in [5, 5.41) is 7.58. The number of aromatic nitrogens is 2. The zero-order chi connectivity index (χ0) is 6.53.